The first-order valence-electron chi connectivity index (χ1n) is 44.0. The SMILES string of the molecule is COc1cc2c(cc1OC)C1(CC2(C)C)CC(C)(C)C2CC3OC4C(C#N)C5OC6CC7C(CC6OC5C(C#N)C4OC3CC21)C(C)(C)CC71CC(C)(C)C2CC3OC4C(C#N)C5OC6CC7C(CC6OC5C(c5nn[nH]n5)C4OC3CC21)C(C)(C)CC71CC(C)(C)c2cc3c(cc21)Oc1c(c(-c2nn[nH]n2)c(C)c(C)c1-c1nn[nH]n1)O3. The van der Waals surface area contributed by atoms with Crippen LogP contribution in [0.25, 0.3) is 22.8 Å². The van der Waals surface area contributed by atoms with E-state index in [1.165, 1.54) is 22.3 Å². The molecular weight excluding hydrogens is 1500 g/mol. The molecule has 3 N–H and O–H groups in total. The second kappa shape index (κ2) is 25.0. The van der Waals surface area contributed by atoms with Crippen molar-refractivity contribution in [3.05, 3.63) is 63.5 Å². The van der Waals surface area contributed by atoms with Gasteiger partial charge in [0, 0.05) is 10.8 Å². The Hall–Kier alpha value is -7.78. The van der Waals surface area contributed by atoms with E-state index in [4.69, 9.17) is 61.9 Å². The second-order valence-corrected chi connectivity index (χ2v) is 43.9. The van der Waals surface area contributed by atoms with Gasteiger partial charge in [-0.2, -0.15) is 31.4 Å². The number of fused-ring (bicyclic) bond motifs is 22. The molecule has 23 rings (SSSR count). The molecule has 6 aromatic rings. The van der Waals surface area contributed by atoms with Crippen LogP contribution in [0.1, 0.15) is 218 Å². The van der Waals surface area contributed by atoms with Crippen molar-refractivity contribution >= 4 is 0 Å². The highest BCUT2D eigenvalue weighted by Gasteiger charge is 2.75. The molecule has 118 heavy (non-hydrogen) atoms. The molecule has 4 saturated heterocycles. The van der Waals surface area contributed by atoms with Gasteiger partial charge in [-0.1, -0.05) is 88.3 Å². The van der Waals surface area contributed by atoms with Crippen LogP contribution in [0, 0.1) is 140 Å². The van der Waals surface area contributed by atoms with Crippen molar-refractivity contribution < 1.29 is 56.8 Å². The smallest absolute Gasteiger partial charge is 0.208 e. The molecule has 3 aromatic carbocycles. The van der Waals surface area contributed by atoms with Crippen LogP contribution in [0.4, 0.5) is 0 Å². The van der Waals surface area contributed by atoms with E-state index in [0.29, 0.717) is 87.1 Å². The number of nitriles is 3. The highest BCUT2D eigenvalue weighted by molar-refractivity contribution is 5.86. The normalized spacial score (nSPS) is 44.5. The lowest BCUT2D eigenvalue weighted by atomic mass is 9.59. The van der Waals surface area contributed by atoms with Gasteiger partial charge in [0.2, 0.25) is 11.6 Å². The fourth-order valence-electron chi connectivity index (χ4n) is 31.8. The molecule has 0 radical (unpaired) electrons. The first-order valence-corrected chi connectivity index (χ1v) is 44.0. The molecular formula is C91H111N15O12. The van der Waals surface area contributed by atoms with Gasteiger partial charge >= 0.3 is 0 Å². The number of hydrogen-bond donors (Lipinski definition) is 3. The van der Waals surface area contributed by atoms with E-state index in [1.807, 2.05) is 13.8 Å². The van der Waals surface area contributed by atoms with E-state index in [2.05, 4.69) is 182 Å². The molecule has 31 unspecified atom stereocenters. The standard InChI is InChI=1S/C91H111N15O12/c1-38-39(2)68(81-97-103-104-98-81)77-76(67(38)80-95-101-102-96-80)115-61-22-48-54(28-66(61)116-77)91(37-88(48,13)14)36-87(11,12)47-21-60-64(26-52(47)91)114-75-42(31-94)74-79(69(78(75)117-60)82-99-105-106-100-82)118-65-27-53-46(20-59(65)113-74)86(9,10)35-90(53)34-85(7,8)45-19-58-63(25-51(45)90)112-73-41(30-93)70-72(40(29-92)71(73)110-58)111-62-24-50-44(18-57(62)109-70)84(5,6)33-89(50)32-83(3,4)43-17-55(107-15)56(108-16)23-49(43)89/h17,22-23,28,40-42,44-47,50-53,57-60,62-65,69-75,78-79H,18-21,24-27,32-37H2,1-16H3,(H,95,96,101,102)(H,97,98,103,104)(H,99,100,105,106). The van der Waals surface area contributed by atoms with Crippen molar-refractivity contribution in [1.29, 1.82) is 15.8 Å². The first kappa shape index (κ1) is 75.2. The van der Waals surface area contributed by atoms with E-state index in [1.54, 1.807) is 14.2 Å². The third-order valence-electron chi connectivity index (χ3n) is 35.6. The van der Waals surface area contributed by atoms with E-state index in [9.17, 15) is 15.8 Å². The number of H-pyrrole nitrogens is 3. The van der Waals surface area contributed by atoms with Crippen LogP contribution in [0.3, 0.4) is 0 Å². The van der Waals surface area contributed by atoms with Crippen LogP contribution in [-0.2, 0) is 59.6 Å². The van der Waals surface area contributed by atoms with Crippen molar-refractivity contribution in [2.45, 2.75) is 312 Å². The summed E-state index contributed by atoms with van der Waals surface area (Å²) in [4.78, 5) is 0. The summed E-state index contributed by atoms with van der Waals surface area (Å²) in [6.07, 6.45) is 5.06. The number of hydrogen-bond acceptors (Lipinski definition) is 24. The lowest BCUT2D eigenvalue weighted by Crippen LogP contribution is -2.69. The molecule has 0 bridgehead atoms. The molecule has 3 aromatic heterocycles. The summed E-state index contributed by atoms with van der Waals surface area (Å²) >= 11 is 0. The molecule has 0 amide bonds. The van der Waals surface area contributed by atoms with Crippen molar-refractivity contribution in [2.75, 3.05) is 14.2 Å². The van der Waals surface area contributed by atoms with Gasteiger partial charge in [0.05, 0.1) is 111 Å². The Labute approximate surface area is 688 Å². The zero-order chi connectivity index (χ0) is 81.3. The number of nitrogens with zero attached hydrogens (tertiary/aromatic N) is 12. The van der Waals surface area contributed by atoms with Gasteiger partial charge < -0.3 is 56.8 Å². The lowest BCUT2D eigenvalue weighted by molar-refractivity contribution is -0.334. The number of rotatable bonds is 5. The zero-order valence-electron chi connectivity index (χ0n) is 70.6. The largest absolute Gasteiger partial charge is 0.493 e. The summed E-state index contributed by atoms with van der Waals surface area (Å²) in [7, 11) is 3.45. The molecule has 622 valence electrons. The number of ether oxygens (including phenoxy) is 12. The average Bonchev–Trinajstić information content (AvgIpc) is 1.52. The van der Waals surface area contributed by atoms with Crippen LogP contribution in [0.5, 0.6) is 34.5 Å². The highest BCUT2D eigenvalue weighted by Crippen LogP contribution is 2.78. The number of tetrazole rings is 3. The second-order valence-electron chi connectivity index (χ2n) is 43.9. The summed E-state index contributed by atoms with van der Waals surface area (Å²) < 4.78 is 86.9. The minimum Gasteiger partial charge on any atom is -0.493 e. The molecule has 14 fully saturated rings. The predicted molar refractivity (Wildman–Crippen MR) is 421 cm³/mol. The van der Waals surface area contributed by atoms with Gasteiger partial charge in [-0.05, 0) is 257 Å². The fourth-order valence-corrected chi connectivity index (χ4v) is 31.8. The number of methoxy groups -OCH3 is 2. The quantitative estimate of drug-likeness (QED) is 0.144. The Bertz CT molecular complexity index is 5240. The molecule has 3 spiro atoms. The molecule has 17 aliphatic rings. The maximum Gasteiger partial charge on any atom is 0.208 e. The minimum atomic E-state index is -0.722. The molecule has 31 atom stereocenters. The van der Waals surface area contributed by atoms with E-state index in [-0.39, 0.29) is 109 Å². The first-order chi connectivity index (χ1) is 56.4. The van der Waals surface area contributed by atoms with Gasteiger partial charge in [-0.15, -0.1) is 30.6 Å². The summed E-state index contributed by atoms with van der Waals surface area (Å²) in [6.45, 7) is 33.2. The Morgan fingerprint density at radius 1 is 0.373 bits per heavy atom. The van der Waals surface area contributed by atoms with Gasteiger partial charge in [0.1, 0.15) is 54.4 Å². The summed E-state index contributed by atoms with van der Waals surface area (Å²) in [5.41, 5.74) is 7.26. The van der Waals surface area contributed by atoms with Gasteiger partial charge in [-0.25, -0.2) is 0 Å². The summed E-state index contributed by atoms with van der Waals surface area (Å²) in [5, 5.41) is 82.3. The molecule has 5 aliphatic heterocycles. The molecule has 10 saturated carbocycles. The molecule has 12 aliphatic carbocycles. The monoisotopic (exact) mass is 1610 g/mol. The third kappa shape index (κ3) is 10.1. The minimum absolute atomic E-state index is 0.00434. The zero-order valence-corrected chi connectivity index (χ0v) is 70.6. The van der Waals surface area contributed by atoms with Gasteiger partial charge in [0.15, 0.2) is 40.3 Å². The van der Waals surface area contributed by atoms with Crippen LogP contribution >= 0.6 is 0 Å². The average molecular weight is 1610 g/mol. The lowest BCUT2D eigenvalue weighted by Gasteiger charge is -2.59. The highest BCUT2D eigenvalue weighted by atomic mass is 16.6. The molecule has 27 nitrogen and oxygen atoms in total. The number of aromatic nitrogens is 12. The maximum atomic E-state index is 11.8. The fraction of sp³-hybridized carbons (Fsp3) is 0.736. The number of benzene rings is 3. The van der Waals surface area contributed by atoms with Crippen LogP contribution in [-0.4, -0.2) is 174 Å². The van der Waals surface area contributed by atoms with Crippen molar-refractivity contribution in [2.24, 2.45) is 92.2 Å². The topological polar surface area (TPSA) is 346 Å². The van der Waals surface area contributed by atoms with Crippen LogP contribution in [0.2, 0.25) is 0 Å². The van der Waals surface area contributed by atoms with E-state index < -0.39 is 72.5 Å². The van der Waals surface area contributed by atoms with Gasteiger partial charge in [0.25, 0.3) is 0 Å². The Balaban J connectivity index is 0.508. The predicted octanol–water partition coefficient (Wildman–Crippen LogP) is 13.8. The van der Waals surface area contributed by atoms with E-state index >= 15 is 0 Å². The molecule has 27 heteroatoms. The van der Waals surface area contributed by atoms with Crippen LogP contribution in [0.15, 0.2) is 24.3 Å². The van der Waals surface area contributed by atoms with Crippen molar-refractivity contribution in [3.8, 4) is 75.5 Å². The Morgan fingerprint density at radius 2 is 0.686 bits per heavy atom. The molecule has 8 heterocycles. The van der Waals surface area contributed by atoms with Crippen molar-refractivity contribution in [1.82, 2.24) is 61.9 Å². The van der Waals surface area contributed by atoms with E-state index in [0.717, 1.165) is 113 Å². The van der Waals surface area contributed by atoms with Crippen LogP contribution < -0.4 is 18.9 Å². The van der Waals surface area contributed by atoms with Crippen molar-refractivity contribution in [3.63, 3.8) is 0 Å². The van der Waals surface area contributed by atoms with Gasteiger partial charge in [-0.3, -0.25) is 0 Å². The number of nitrogens with one attached hydrogen (secondary N) is 3. The maximum absolute atomic E-state index is 11.8. The third-order valence-corrected chi connectivity index (χ3v) is 35.6. The summed E-state index contributed by atoms with van der Waals surface area (Å²) in [6, 6.07) is 17.2. The number of aromatic amines is 3. The Morgan fingerprint density at radius 3 is 1.05 bits per heavy atom. The summed E-state index contributed by atoms with van der Waals surface area (Å²) in [5.74, 6) is 4.54. The Kier molecular flexibility index (Phi) is 15.9.